The van der Waals surface area contributed by atoms with E-state index in [1.807, 2.05) is 52.0 Å². The highest BCUT2D eigenvalue weighted by molar-refractivity contribution is 6.25. The molecular formula is C17H21NO2. The molecule has 0 saturated heterocycles. The Balaban J connectivity index is 0.000000461. The first-order valence-electron chi connectivity index (χ1n) is 7.04. The van der Waals surface area contributed by atoms with Crippen molar-refractivity contribution in [2.75, 3.05) is 7.05 Å². The second-order valence-corrected chi connectivity index (χ2v) is 3.88. The fourth-order valence-corrected chi connectivity index (χ4v) is 2.15. The minimum atomic E-state index is -0.228. The predicted molar refractivity (Wildman–Crippen MR) is 83.1 cm³/mol. The van der Waals surface area contributed by atoms with E-state index in [-0.39, 0.29) is 11.8 Å². The van der Waals surface area contributed by atoms with Crippen LogP contribution in [0.4, 0.5) is 0 Å². The summed E-state index contributed by atoms with van der Waals surface area (Å²) in [5.41, 5.74) is 1.21. The molecule has 0 bridgehead atoms. The molecule has 3 rings (SSSR count). The number of rotatable bonds is 0. The number of nitrogens with zero attached hydrogens (tertiary/aromatic N) is 1. The molecule has 1 heterocycles. The Hall–Kier alpha value is -2.16. The molecule has 1 aliphatic heterocycles. The van der Waals surface area contributed by atoms with Crippen molar-refractivity contribution < 1.29 is 9.59 Å². The normalized spacial score (nSPS) is 12.3. The van der Waals surface area contributed by atoms with Crippen LogP contribution in [0.1, 0.15) is 48.4 Å². The first kappa shape index (κ1) is 15.9. The molecule has 3 heteroatoms. The Morgan fingerprint density at radius 1 is 0.750 bits per heavy atom. The SMILES string of the molecule is CC.CC.CN1C(=O)c2cccc3cccc(c23)C1=O. The predicted octanol–water partition coefficient (Wildman–Crippen LogP) is 4.12. The van der Waals surface area contributed by atoms with Crippen LogP contribution in [0, 0.1) is 0 Å². The minimum absolute atomic E-state index is 0.227. The van der Waals surface area contributed by atoms with E-state index in [1.165, 1.54) is 7.05 Å². The molecule has 0 N–H and O–H groups in total. The molecule has 0 atom stereocenters. The molecule has 2 aromatic rings. The van der Waals surface area contributed by atoms with Crippen LogP contribution in [0.2, 0.25) is 0 Å². The quantitative estimate of drug-likeness (QED) is 0.676. The van der Waals surface area contributed by atoms with Gasteiger partial charge in [-0.25, -0.2) is 0 Å². The monoisotopic (exact) mass is 271 g/mol. The Morgan fingerprint density at radius 2 is 1.15 bits per heavy atom. The second-order valence-electron chi connectivity index (χ2n) is 3.88. The van der Waals surface area contributed by atoms with Gasteiger partial charge in [0.1, 0.15) is 0 Å². The van der Waals surface area contributed by atoms with Crippen molar-refractivity contribution in [3.8, 4) is 0 Å². The Labute approximate surface area is 120 Å². The van der Waals surface area contributed by atoms with Crippen LogP contribution in [0.5, 0.6) is 0 Å². The van der Waals surface area contributed by atoms with Crippen LogP contribution in [-0.4, -0.2) is 23.8 Å². The molecule has 0 radical (unpaired) electrons. The van der Waals surface area contributed by atoms with E-state index in [0.29, 0.717) is 11.1 Å². The lowest BCUT2D eigenvalue weighted by molar-refractivity contribution is 0.0650. The first-order chi connectivity index (χ1) is 9.70. The second kappa shape index (κ2) is 6.85. The number of imide groups is 1. The van der Waals surface area contributed by atoms with E-state index in [0.717, 1.165) is 15.7 Å². The van der Waals surface area contributed by atoms with Crippen LogP contribution < -0.4 is 0 Å². The molecule has 0 aromatic heterocycles. The maximum Gasteiger partial charge on any atom is 0.261 e. The Kier molecular flexibility index (Phi) is 5.44. The minimum Gasteiger partial charge on any atom is -0.277 e. The van der Waals surface area contributed by atoms with Gasteiger partial charge in [-0.15, -0.1) is 0 Å². The van der Waals surface area contributed by atoms with Gasteiger partial charge in [-0.3, -0.25) is 14.5 Å². The molecule has 0 aliphatic carbocycles. The van der Waals surface area contributed by atoms with Crippen LogP contribution in [0.15, 0.2) is 36.4 Å². The van der Waals surface area contributed by atoms with Crippen molar-refractivity contribution >= 4 is 22.6 Å². The number of hydrogen-bond donors (Lipinski definition) is 0. The van der Waals surface area contributed by atoms with Crippen molar-refractivity contribution in [3.63, 3.8) is 0 Å². The lowest BCUT2D eigenvalue weighted by Gasteiger charge is -2.23. The summed E-state index contributed by atoms with van der Waals surface area (Å²) in [7, 11) is 1.51. The van der Waals surface area contributed by atoms with E-state index in [9.17, 15) is 9.59 Å². The van der Waals surface area contributed by atoms with Gasteiger partial charge >= 0.3 is 0 Å². The molecule has 3 nitrogen and oxygen atoms in total. The summed E-state index contributed by atoms with van der Waals surface area (Å²) in [5.74, 6) is -0.455. The van der Waals surface area contributed by atoms with Crippen LogP contribution in [0.25, 0.3) is 10.8 Å². The van der Waals surface area contributed by atoms with Crippen LogP contribution in [0.3, 0.4) is 0 Å². The van der Waals surface area contributed by atoms with Gasteiger partial charge in [0.05, 0.1) is 0 Å². The summed E-state index contributed by atoms with van der Waals surface area (Å²) in [4.78, 5) is 25.0. The van der Waals surface area contributed by atoms with Gasteiger partial charge in [0.25, 0.3) is 11.8 Å². The van der Waals surface area contributed by atoms with Crippen molar-refractivity contribution in [1.29, 1.82) is 0 Å². The molecule has 20 heavy (non-hydrogen) atoms. The van der Waals surface area contributed by atoms with Crippen molar-refractivity contribution in [2.24, 2.45) is 0 Å². The zero-order valence-electron chi connectivity index (χ0n) is 12.7. The van der Waals surface area contributed by atoms with Gasteiger partial charge in [0, 0.05) is 23.6 Å². The van der Waals surface area contributed by atoms with E-state index in [1.54, 1.807) is 12.1 Å². The van der Waals surface area contributed by atoms with Crippen molar-refractivity contribution in [1.82, 2.24) is 4.90 Å². The van der Waals surface area contributed by atoms with Gasteiger partial charge in [0.15, 0.2) is 0 Å². The molecule has 0 fully saturated rings. The Morgan fingerprint density at radius 3 is 1.55 bits per heavy atom. The number of hydrogen-bond acceptors (Lipinski definition) is 2. The maximum atomic E-state index is 11.9. The lowest BCUT2D eigenvalue weighted by atomic mass is 9.94. The van der Waals surface area contributed by atoms with Crippen molar-refractivity contribution in [2.45, 2.75) is 27.7 Å². The summed E-state index contributed by atoms with van der Waals surface area (Å²) >= 11 is 0. The standard InChI is InChI=1S/C13H9NO2.2C2H6/c1-14-12(15)9-6-2-4-8-5-3-7-10(11(8)9)13(14)16;2*1-2/h2-7H,1H3;2*1-2H3. The summed E-state index contributed by atoms with van der Waals surface area (Å²) in [6, 6.07) is 11.0. The highest BCUT2D eigenvalue weighted by atomic mass is 16.2. The molecule has 2 aromatic carbocycles. The first-order valence-corrected chi connectivity index (χ1v) is 7.04. The smallest absolute Gasteiger partial charge is 0.261 e. The Bertz CT molecular complexity index is 581. The zero-order chi connectivity index (χ0) is 15.3. The third-order valence-corrected chi connectivity index (χ3v) is 2.97. The summed E-state index contributed by atoms with van der Waals surface area (Å²) in [5, 5.41) is 1.71. The molecule has 0 saturated carbocycles. The zero-order valence-corrected chi connectivity index (χ0v) is 12.7. The van der Waals surface area contributed by atoms with E-state index >= 15 is 0 Å². The average molecular weight is 271 g/mol. The molecule has 2 amide bonds. The van der Waals surface area contributed by atoms with Crippen LogP contribution in [-0.2, 0) is 0 Å². The third kappa shape index (κ3) is 2.44. The van der Waals surface area contributed by atoms with Gasteiger partial charge in [-0.2, -0.15) is 0 Å². The molecular weight excluding hydrogens is 250 g/mol. The summed E-state index contributed by atoms with van der Waals surface area (Å²) in [6.45, 7) is 8.00. The fourth-order valence-electron chi connectivity index (χ4n) is 2.15. The van der Waals surface area contributed by atoms with Crippen molar-refractivity contribution in [3.05, 3.63) is 47.5 Å². The number of carbonyl (C=O) groups excluding carboxylic acids is 2. The van der Waals surface area contributed by atoms with E-state index in [2.05, 4.69) is 0 Å². The molecule has 106 valence electrons. The van der Waals surface area contributed by atoms with Gasteiger partial charge in [-0.05, 0) is 17.5 Å². The summed E-state index contributed by atoms with van der Waals surface area (Å²) < 4.78 is 0. The molecule has 0 spiro atoms. The van der Waals surface area contributed by atoms with Gasteiger partial charge < -0.3 is 0 Å². The highest BCUT2D eigenvalue weighted by Gasteiger charge is 2.29. The number of amides is 2. The molecule has 1 aliphatic rings. The number of benzene rings is 2. The van der Waals surface area contributed by atoms with Crippen LogP contribution >= 0.6 is 0 Å². The largest absolute Gasteiger partial charge is 0.277 e. The lowest BCUT2D eigenvalue weighted by Crippen LogP contribution is -2.36. The maximum absolute atomic E-state index is 11.9. The van der Waals surface area contributed by atoms with Gasteiger partial charge in [-0.1, -0.05) is 52.0 Å². The summed E-state index contributed by atoms with van der Waals surface area (Å²) in [6.07, 6.45) is 0. The average Bonchev–Trinajstić information content (AvgIpc) is 2.54. The van der Waals surface area contributed by atoms with Gasteiger partial charge in [0.2, 0.25) is 0 Å². The fraction of sp³-hybridized carbons (Fsp3) is 0.294. The van der Waals surface area contributed by atoms with E-state index in [4.69, 9.17) is 0 Å². The van der Waals surface area contributed by atoms with E-state index < -0.39 is 0 Å². The third-order valence-electron chi connectivity index (χ3n) is 2.97. The topological polar surface area (TPSA) is 37.4 Å². The highest BCUT2D eigenvalue weighted by Crippen LogP contribution is 2.28. The number of carbonyl (C=O) groups is 2. The molecule has 0 unspecified atom stereocenters.